The van der Waals surface area contributed by atoms with Crippen molar-refractivity contribution in [1.29, 1.82) is 0 Å². The van der Waals surface area contributed by atoms with Crippen molar-refractivity contribution >= 4 is 52.0 Å². The van der Waals surface area contributed by atoms with Crippen LogP contribution in [0.1, 0.15) is 22.5 Å². The molecule has 0 spiro atoms. The fourth-order valence-corrected chi connectivity index (χ4v) is 4.53. The average molecular weight is 545 g/mol. The summed E-state index contributed by atoms with van der Waals surface area (Å²) in [7, 11) is 3.24. The number of ether oxygens (including phenoxy) is 2. The summed E-state index contributed by atoms with van der Waals surface area (Å²) < 4.78 is 14.4. The Morgan fingerprint density at radius 2 is 1.67 bits per heavy atom. The van der Waals surface area contributed by atoms with Gasteiger partial charge in [0.1, 0.15) is 0 Å². The number of benzene rings is 2. The first-order chi connectivity index (χ1) is 17.3. The van der Waals surface area contributed by atoms with Gasteiger partial charge in [0.2, 0.25) is 0 Å². The van der Waals surface area contributed by atoms with E-state index in [-0.39, 0.29) is 0 Å². The Balaban J connectivity index is 1.42. The van der Waals surface area contributed by atoms with Crippen LogP contribution in [0.4, 0.5) is 11.5 Å². The fraction of sp³-hybridized carbons (Fsp3) is 0.240. The van der Waals surface area contributed by atoms with Crippen molar-refractivity contribution in [1.82, 2.24) is 19.6 Å². The maximum atomic E-state index is 6.28. The van der Waals surface area contributed by atoms with Crippen LogP contribution in [0, 0.1) is 13.8 Å². The van der Waals surface area contributed by atoms with Gasteiger partial charge in [0.05, 0.1) is 44.4 Å². The maximum absolute atomic E-state index is 6.28. The van der Waals surface area contributed by atoms with Gasteiger partial charge in [0.15, 0.2) is 22.4 Å². The third kappa shape index (κ3) is 5.75. The van der Waals surface area contributed by atoms with Gasteiger partial charge in [-0.1, -0.05) is 35.3 Å². The van der Waals surface area contributed by atoms with Gasteiger partial charge in [0.25, 0.3) is 0 Å². The quantitative estimate of drug-likeness (QED) is 0.266. The topological polar surface area (TPSA) is 78.2 Å². The second-order valence-corrected chi connectivity index (χ2v) is 9.29. The summed E-state index contributed by atoms with van der Waals surface area (Å²) in [6.45, 7) is 4.95. The second kappa shape index (κ2) is 11.2. The van der Waals surface area contributed by atoms with E-state index >= 15 is 0 Å². The molecule has 0 amide bonds. The number of nitrogens with zero attached hydrogens (tertiary/aromatic N) is 4. The number of halogens is 2. The molecule has 0 saturated carbocycles. The number of thiocarbonyl (C=S) groups is 1. The van der Waals surface area contributed by atoms with E-state index in [4.69, 9.17) is 44.9 Å². The highest BCUT2D eigenvalue weighted by atomic mass is 35.5. The normalized spacial score (nSPS) is 10.8. The summed E-state index contributed by atoms with van der Waals surface area (Å²) in [5.74, 6) is 1.96. The number of aromatic nitrogens is 4. The molecule has 2 aromatic carbocycles. The predicted molar refractivity (Wildman–Crippen MR) is 148 cm³/mol. The van der Waals surface area contributed by atoms with Gasteiger partial charge in [-0.25, -0.2) is 0 Å². The molecule has 4 rings (SSSR count). The number of hydrogen-bond donors (Lipinski definition) is 2. The first-order valence-electron chi connectivity index (χ1n) is 11.1. The lowest BCUT2D eigenvalue weighted by molar-refractivity contribution is 0.354. The van der Waals surface area contributed by atoms with E-state index in [1.807, 2.05) is 55.1 Å². The van der Waals surface area contributed by atoms with Gasteiger partial charge in [-0.05, 0) is 55.9 Å². The van der Waals surface area contributed by atoms with E-state index in [1.165, 1.54) is 0 Å². The smallest absolute Gasteiger partial charge is 0.176 e. The Hall–Kier alpha value is -3.27. The van der Waals surface area contributed by atoms with E-state index < -0.39 is 0 Å². The lowest BCUT2D eigenvalue weighted by Gasteiger charge is -2.11. The minimum Gasteiger partial charge on any atom is -0.493 e. The maximum Gasteiger partial charge on any atom is 0.176 e. The highest BCUT2D eigenvalue weighted by Gasteiger charge is 2.15. The molecule has 36 heavy (non-hydrogen) atoms. The number of aryl methyl sites for hydroxylation is 1. The van der Waals surface area contributed by atoms with Crippen LogP contribution in [0.3, 0.4) is 0 Å². The molecule has 2 aromatic heterocycles. The van der Waals surface area contributed by atoms with Crippen molar-refractivity contribution in [3.63, 3.8) is 0 Å². The Labute approximate surface area is 225 Å². The van der Waals surface area contributed by atoms with Crippen LogP contribution in [0.5, 0.6) is 11.5 Å². The van der Waals surface area contributed by atoms with E-state index in [0.717, 1.165) is 28.2 Å². The molecule has 0 aliphatic carbocycles. The van der Waals surface area contributed by atoms with Gasteiger partial charge < -0.3 is 20.1 Å². The Morgan fingerprint density at radius 1 is 0.944 bits per heavy atom. The SMILES string of the molecule is COc1ccc(Cn2nc(C)c(NC(=S)Nc3ccn(Cc4c(Cl)cccc4Cl)n3)c2C)cc1OC. The highest BCUT2D eigenvalue weighted by molar-refractivity contribution is 7.80. The van der Waals surface area contributed by atoms with Crippen molar-refractivity contribution in [2.45, 2.75) is 26.9 Å². The van der Waals surface area contributed by atoms with E-state index in [0.29, 0.717) is 45.6 Å². The second-order valence-electron chi connectivity index (χ2n) is 8.07. The number of nitrogens with one attached hydrogen (secondary N) is 2. The summed E-state index contributed by atoms with van der Waals surface area (Å²) in [5, 5.41) is 17.2. The van der Waals surface area contributed by atoms with Gasteiger partial charge in [0, 0.05) is 27.9 Å². The number of hydrogen-bond acceptors (Lipinski definition) is 5. The molecule has 0 bridgehead atoms. The van der Waals surface area contributed by atoms with Crippen molar-refractivity contribution in [3.8, 4) is 11.5 Å². The molecule has 2 heterocycles. The fourth-order valence-electron chi connectivity index (χ4n) is 3.81. The van der Waals surface area contributed by atoms with Gasteiger partial charge >= 0.3 is 0 Å². The molecule has 11 heteroatoms. The molecular formula is C25H26Cl2N6O2S. The molecular weight excluding hydrogens is 519 g/mol. The van der Waals surface area contributed by atoms with E-state index in [2.05, 4.69) is 20.8 Å². The Morgan fingerprint density at radius 3 is 2.36 bits per heavy atom. The Kier molecular flexibility index (Phi) is 8.03. The van der Waals surface area contributed by atoms with Crippen LogP contribution < -0.4 is 20.1 Å². The first kappa shape index (κ1) is 25.8. The molecule has 0 aliphatic heterocycles. The van der Waals surface area contributed by atoms with Gasteiger partial charge in [-0.3, -0.25) is 9.36 Å². The lowest BCUT2D eigenvalue weighted by Crippen LogP contribution is -2.20. The summed E-state index contributed by atoms with van der Waals surface area (Å²) in [5.41, 5.74) is 4.47. The van der Waals surface area contributed by atoms with Crippen LogP contribution in [0.25, 0.3) is 0 Å². The number of methoxy groups -OCH3 is 2. The molecule has 0 aliphatic rings. The summed E-state index contributed by atoms with van der Waals surface area (Å²) in [4.78, 5) is 0. The van der Waals surface area contributed by atoms with E-state index in [9.17, 15) is 0 Å². The zero-order valence-electron chi connectivity index (χ0n) is 20.3. The molecule has 0 unspecified atom stereocenters. The van der Waals surface area contributed by atoms with Crippen LogP contribution in [0.2, 0.25) is 10.0 Å². The monoisotopic (exact) mass is 544 g/mol. The molecule has 188 valence electrons. The molecule has 0 atom stereocenters. The van der Waals surface area contributed by atoms with E-state index in [1.54, 1.807) is 31.0 Å². The zero-order chi connectivity index (χ0) is 25.8. The minimum absolute atomic E-state index is 0.410. The predicted octanol–water partition coefficient (Wildman–Crippen LogP) is 5.93. The third-order valence-electron chi connectivity index (χ3n) is 5.66. The van der Waals surface area contributed by atoms with Crippen LogP contribution in [0.15, 0.2) is 48.7 Å². The zero-order valence-corrected chi connectivity index (χ0v) is 22.6. The highest BCUT2D eigenvalue weighted by Crippen LogP contribution is 2.29. The largest absolute Gasteiger partial charge is 0.493 e. The van der Waals surface area contributed by atoms with Crippen LogP contribution in [-0.2, 0) is 13.1 Å². The standard InChI is InChI=1S/C25H26Cl2N6O2S/c1-15-24(16(2)33(30-15)13-17-8-9-21(34-3)22(12-17)35-4)29-25(36)28-23-10-11-32(31-23)14-18-19(26)6-5-7-20(18)27/h5-12H,13-14H2,1-4H3,(H2,28,29,31,36). The van der Waals surface area contributed by atoms with Crippen molar-refractivity contribution in [2.24, 2.45) is 0 Å². The molecule has 0 fully saturated rings. The molecule has 8 nitrogen and oxygen atoms in total. The van der Waals surface area contributed by atoms with Gasteiger partial charge in [-0.2, -0.15) is 10.2 Å². The lowest BCUT2D eigenvalue weighted by atomic mass is 10.2. The van der Waals surface area contributed by atoms with Crippen LogP contribution >= 0.6 is 35.4 Å². The third-order valence-corrected chi connectivity index (χ3v) is 6.58. The summed E-state index contributed by atoms with van der Waals surface area (Å²) in [6.07, 6.45) is 1.84. The first-order valence-corrected chi connectivity index (χ1v) is 12.2. The average Bonchev–Trinajstić information content (AvgIpc) is 3.40. The number of anilines is 2. The summed E-state index contributed by atoms with van der Waals surface area (Å²) >= 11 is 18.1. The van der Waals surface area contributed by atoms with Crippen molar-refractivity contribution in [3.05, 3.63) is 81.2 Å². The molecule has 4 aromatic rings. The Bertz CT molecular complexity index is 1380. The molecule has 0 saturated heterocycles. The number of rotatable bonds is 8. The molecule has 0 radical (unpaired) electrons. The van der Waals surface area contributed by atoms with Crippen LogP contribution in [-0.4, -0.2) is 38.9 Å². The van der Waals surface area contributed by atoms with Gasteiger partial charge in [-0.15, -0.1) is 0 Å². The van der Waals surface area contributed by atoms with Crippen molar-refractivity contribution in [2.75, 3.05) is 24.9 Å². The summed E-state index contributed by atoms with van der Waals surface area (Å²) in [6, 6.07) is 13.1. The minimum atomic E-state index is 0.410. The molecule has 2 N–H and O–H groups in total. The van der Waals surface area contributed by atoms with Crippen molar-refractivity contribution < 1.29 is 9.47 Å².